The Labute approximate surface area is 171 Å². The predicted octanol–water partition coefficient (Wildman–Crippen LogP) is 2.02. The molecular formula is C20H18ClN3O5. The lowest BCUT2D eigenvalue weighted by Gasteiger charge is -2.17. The van der Waals surface area contributed by atoms with Gasteiger partial charge in [0, 0.05) is 22.7 Å². The molecule has 3 amide bonds. The van der Waals surface area contributed by atoms with Crippen molar-refractivity contribution in [1.29, 1.82) is 0 Å². The minimum absolute atomic E-state index is 0.0305. The van der Waals surface area contributed by atoms with Gasteiger partial charge in [0.1, 0.15) is 0 Å². The van der Waals surface area contributed by atoms with E-state index in [1.807, 2.05) is 6.07 Å². The lowest BCUT2D eigenvalue weighted by atomic mass is 10.1. The monoisotopic (exact) mass is 415 g/mol. The number of para-hydroxylation sites is 1. The molecule has 0 unspecified atom stereocenters. The van der Waals surface area contributed by atoms with E-state index in [9.17, 15) is 19.2 Å². The fraction of sp³-hybridized carbons (Fsp3) is 0.200. The van der Waals surface area contributed by atoms with Gasteiger partial charge >= 0.3 is 5.97 Å². The average Bonchev–Trinajstić information content (AvgIpc) is 3.08. The maximum Gasteiger partial charge on any atom is 0.311 e. The van der Waals surface area contributed by atoms with Gasteiger partial charge in [-0.05, 0) is 36.4 Å². The topological polar surface area (TPSA) is 105 Å². The number of ether oxygens (including phenoxy) is 1. The molecule has 0 aliphatic carbocycles. The van der Waals surface area contributed by atoms with Gasteiger partial charge in [-0.15, -0.1) is 0 Å². The first-order chi connectivity index (χ1) is 13.9. The highest BCUT2D eigenvalue weighted by atomic mass is 35.5. The highest BCUT2D eigenvalue weighted by molar-refractivity contribution is 6.30. The normalized spacial score (nSPS) is 15.7. The van der Waals surface area contributed by atoms with Crippen molar-refractivity contribution in [2.75, 3.05) is 18.5 Å². The first-order valence-corrected chi connectivity index (χ1v) is 9.18. The number of nitrogens with zero attached hydrogens (tertiary/aromatic N) is 1. The number of rotatable bonds is 6. The second-order valence-corrected chi connectivity index (χ2v) is 6.81. The smallest absolute Gasteiger partial charge is 0.311 e. The molecule has 150 valence electrons. The van der Waals surface area contributed by atoms with E-state index in [1.54, 1.807) is 36.4 Å². The third-order valence-corrected chi connectivity index (χ3v) is 4.46. The maximum atomic E-state index is 12.2. The van der Waals surface area contributed by atoms with Crippen LogP contribution in [0.3, 0.4) is 0 Å². The van der Waals surface area contributed by atoms with Crippen molar-refractivity contribution in [1.82, 2.24) is 10.4 Å². The molecule has 9 heteroatoms. The minimum Gasteiger partial charge on any atom is -0.455 e. The summed E-state index contributed by atoms with van der Waals surface area (Å²) in [5.74, 6) is -2.83. The summed E-state index contributed by atoms with van der Waals surface area (Å²) in [7, 11) is 0. The van der Waals surface area contributed by atoms with Crippen molar-refractivity contribution in [3.63, 3.8) is 0 Å². The van der Waals surface area contributed by atoms with Crippen LogP contribution in [0.2, 0.25) is 5.02 Å². The van der Waals surface area contributed by atoms with Crippen LogP contribution in [0.5, 0.6) is 0 Å². The molecule has 1 fully saturated rings. The Bertz CT molecular complexity index is 917. The van der Waals surface area contributed by atoms with Crippen molar-refractivity contribution < 1.29 is 23.9 Å². The minimum atomic E-state index is -0.766. The highest BCUT2D eigenvalue weighted by Gasteiger charge is 2.36. The molecule has 1 saturated heterocycles. The zero-order chi connectivity index (χ0) is 20.8. The molecule has 3 rings (SSSR count). The van der Waals surface area contributed by atoms with Gasteiger partial charge in [-0.1, -0.05) is 29.8 Å². The van der Waals surface area contributed by atoms with E-state index in [0.717, 1.165) is 5.01 Å². The fourth-order valence-corrected chi connectivity index (χ4v) is 2.86. The third kappa shape index (κ3) is 5.55. The quantitative estimate of drug-likeness (QED) is 0.702. The lowest BCUT2D eigenvalue weighted by Crippen LogP contribution is -2.43. The Morgan fingerprint density at radius 2 is 1.76 bits per heavy atom. The second kappa shape index (κ2) is 9.20. The standard InChI is InChI=1S/C20H18ClN3O5/c21-15-8-6-13(7-9-15)19(27)23-24-11-14(10-18(24)26)20(28)29-12-17(25)22-16-4-2-1-3-5-16/h1-9,14H,10-12H2,(H,22,25)(H,23,27)/t14-/m1/s1. The molecule has 0 bridgehead atoms. The van der Waals surface area contributed by atoms with Crippen LogP contribution in [-0.4, -0.2) is 41.9 Å². The predicted molar refractivity (Wildman–Crippen MR) is 105 cm³/mol. The van der Waals surface area contributed by atoms with Gasteiger partial charge in [-0.2, -0.15) is 0 Å². The number of anilines is 1. The molecule has 2 N–H and O–H groups in total. The molecule has 2 aromatic carbocycles. The number of amides is 3. The van der Waals surface area contributed by atoms with Crippen LogP contribution in [0.4, 0.5) is 5.69 Å². The molecule has 29 heavy (non-hydrogen) atoms. The summed E-state index contributed by atoms with van der Waals surface area (Å²) >= 11 is 5.78. The number of halogens is 1. The molecule has 0 saturated carbocycles. The Morgan fingerprint density at radius 3 is 2.45 bits per heavy atom. The van der Waals surface area contributed by atoms with E-state index < -0.39 is 36.2 Å². The summed E-state index contributed by atoms with van der Waals surface area (Å²) in [6.45, 7) is -0.493. The van der Waals surface area contributed by atoms with Crippen molar-refractivity contribution in [2.24, 2.45) is 5.92 Å². The lowest BCUT2D eigenvalue weighted by molar-refractivity contribution is -0.151. The van der Waals surface area contributed by atoms with Crippen LogP contribution >= 0.6 is 11.6 Å². The summed E-state index contributed by atoms with van der Waals surface area (Å²) in [5, 5.41) is 4.15. The molecule has 8 nitrogen and oxygen atoms in total. The first-order valence-electron chi connectivity index (χ1n) is 8.81. The van der Waals surface area contributed by atoms with Crippen LogP contribution in [0.25, 0.3) is 0 Å². The number of carbonyl (C=O) groups is 4. The second-order valence-electron chi connectivity index (χ2n) is 6.38. The molecule has 0 radical (unpaired) electrons. The Hall–Kier alpha value is -3.39. The van der Waals surface area contributed by atoms with Gasteiger partial charge < -0.3 is 10.1 Å². The van der Waals surface area contributed by atoms with Gasteiger partial charge in [0.2, 0.25) is 5.91 Å². The number of hydrazine groups is 1. The third-order valence-electron chi connectivity index (χ3n) is 4.20. The van der Waals surface area contributed by atoms with E-state index in [2.05, 4.69) is 10.7 Å². The van der Waals surface area contributed by atoms with Crippen LogP contribution < -0.4 is 10.7 Å². The Morgan fingerprint density at radius 1 is 1.07 bits per heavy atom. The number of esters is 1. The van der Waals surface area contributed by atoms with E-state index in [4.69, 9.17) is 16.3 Å². The molecule has 1 aliphatic rings. The molecule has 0 spiro atoms. The van der Waals surface area contributed by atoms with Crippen molar-refractivity contribution >= 4 is 41.0 Å². The van der Waals surface area contributed by atoms with Crippen LogP contribution in [-0.2, 0) is 19.1 Å². The van der Waals surface area contributed by atoms with Gasteiger partial charge in [0.25, 0.3) is 11.8 Å². The van der Waals surface area contributed by atoms with Crippen molar-refractivity contribution in [2.45, 2.75) is 6.42 Å². The average molecular weight is 416 g/mol. The zero-order valence-corrected chi connectivity index (χ0v) is 16.0. The van der Waals surface area contributed by atoms with Gasteiger partial charge in [-0.25, -0.2) is 0 Å². The molecule has 1 aliphatic heterocycles. The SMILES string of the molecule is O=C(COC(=O)[C@@H]1CC(=O)N(NC(=O)c2ccc(Cl)cc2)C1)Nc1ccccc1. The summed E-state index contributed by atoms with van der Waals surface area (Å²) < 4.78 is 5.00. The highest BCUT2D eigenvalue weighted by Crippen LogP contribution is 2.18. The van der Waals surface area contributed by atoms with Crippen LogP contribution in [0.15, 0.2) is 54.6 Å². The van der Waals surface area contributed by atoms with Crippen molar-refractivity contribution in [3.05, 3.63) is 65.2 Å². The number of benzene rings is 2. The van der Waals surface area contributed by atoms with E-state index in [0.29, 0.717) is 16.3 Å². The molecule has 0 aromatic heterocycles. The molecule has 2 aromatic rings. The largest absolute Gasteiger partial charge is 0.455 e. The van der Waals surface area contributed by atoms with Gasteiger partial charge in [0.05, 0.1) is 12.5 Å². The first kappa shape index (κ1) is 20.3. The van der Waals surface area contributed by atoms with E-state index in [1.165, 1.54) is 12.1 Å². The Kier molecular flexibility index (Phi) is 6.46. The van der Waals surface area contributed by atoms with Gasteiger partial charge in [-0.3, -0.25) is 29.6 Å². The number of hydrogen-bond acceptors (Lipinski definition) is 5. The van der Waals surface area contributed by atoms with Crippen molar-refractivity contribution in [3.8, 4) is 0 Å². The number of nitrogens with one attached hydrogen (secondary N) is 2. The van der Waals surface area contributed by atoms with E-state index >= 15 is 0 Å². The molecule has 1 atom stereocenters. The van der Waals surface area contributed by atoms with Crippen LogP contribution in [0.1, 0.15) is 16.8 Å². The molecular weight excluding hydrogens is 398 g/mol. The summed E-state index contributed by atoms with van der Waals surface area (Å²) in [5.41, 5.74) is 3.37. The summed E-state index contributed by atoms with van der Waals surface area (Å²) in [6, 6.07) is 14.9. The summed E-state index contributed by atoms with van der Waals surface area (Å²) in [6.07, 6.45) is -0.111. The van der Waals surface area contributed by atoms with Gasteiger partial charge in [0.15, 0.2) is 6.61 Å². The number of hydrogen-bond donors (Lipinski definition) is 2. The zero-order valence-electron chi connectivity index (χ0n) is 15.3. The summed E-state index contributed by atoms with van der Waals surface area (Å²) in [4.78, 5) is 48.3. The molecule has 1 heterocycles. The maximum absolute atomic E-state index is 12.2. The van der Waals surface area contributed by atoms with Crippen LogP contribution in [0, 0.1) is 5.92 Å². The van der Waals surface area contributed by atoms with E-state index in [-0.39, 0.29) is 13.0 Å². The fourth-order valence-electron chi connectivity index (χ4n) is 2.74. The Balaban J connectivity index is 1.47. The number of carbonyl (C=O) groups excluding carboxylic acids is 4.